The zero-order valence-electron chi connectivity index (χ0n) is 12.0. The summed E-state index contributed by atoms with van der Waals surface area (Å²) in [4.78, 5) is 23.5. The fourth-order valence-corrected chi connectivity index (χ4v) is 3.64. The van der Waals surface area contributed by atoms with Crippen molar-refractivity contribution in [2.45, 2.75) is 13.0 Å². The van der Waals surface area contributed by atoms with Crippen LogP contribution in [0.25, 0.3) is 11.0 Å². The van der Waals surface area contributed by atoms with E-state index in [2.05, 4.69) is 22.2 Å². The van der Waals surface area contributed by atoms with Gasteiger partial charge in [-0.3, -0.25) is 9.78 Å². The number of aromatic nitrogens is 2. The Balaban J connectivity index is 1.64. The minimum atomic E-state index is 0.00940. The highest BCUT2D eigenvalue weighted by atomic mass is 16.2. The maximum absolute atomic E-state index is 12.7. The molecule has 2 aromatic rings. The van der Waals surface area contributed by atoms with Crippen molar-refractivity contribution in [1.29, 1.82) is 0 Å². The summed E-state index contributed by atoms with van der Waals surface area (Å²) in [6.07, 6.45) is 1.60. The van der Waals surface area contributed by atoms with Crippen LogP contribution in [0.3, 0.4) is 0 Å². The SMILES string of the molecule is CC1C2CNCC2CN1C(=O)c1cnc2ccccc2n1. The molecule has 108 valence electrons. The first kappa shape index (κ1) is 12.7. The van der Waals surface area contributed by atoms with Crippen molar-refractivity contribution in [3.05, 3.63) is 36.2 Å². The Kier molecular flexibility index (Phi) is 2.89. The van der Waals surface area contributed by atoms with E-state index >= 15 is 0 Å². The normalized spacial score (nSPS) is 28.0. The molecule has 0 aliphatic carbocycles. The number of carbonyl (C=O) groups is 1. The summed E-state index contributed by atoms with van der Waals surface area (Å²) in [5.74, 6) is 1.16. The number of fused-ring (bicyclic) bond motifs is 2. The van der Waals surface area contributed by atoms with Crippen LogP contribution >= 0.6 is 0 Å². The average Bonchev–Trinajstić information content (AvgIpc) is 3.09. The first-order valence-corrected chi connectivity index (χ1v) is 7.47. The van der Waals surface area contributed by atoms with E-state index in [1.165, 1.54) is 0 Å². The summed E-state index contributed by atoms with van der Waals surface area (Å²) in [5.41, 5.74) is 2.05. The van der Waals surface area contributed by atoms with Crippen molar-refractivity contribution in [2.75, 3.05) is 19.6 Å². The molecule has 4 rings (SSSR count). The number of hydrogen-bond donors (Lipinski definition) is 1. The molecule has 0 saturated carbocycles. The third kappa shape index (κ3) is 2.00. The summed E-state index contributed by atoms with van der Waals surface area (Å²) >= 11 is 0. The maximum Gasteiger partial charge on any atom is 0.274 e. The molecular weight excluding hydrogens is 264 g/mol. The molecule has 21 heavy (non-hydrogen) atoms. The summed E-state index contributed by atoms with van der Waals surface area (Å²) in [6.45, 7) is 5.00. The van der Waals surface area contributed by atoms with Gasteiger partial charge in [-0.05, 0) is 30.9 Å². The van der Waals surface area contributed by atoms with Crippen LogP contribution in [-0.2, 0) is 0 Å². The zero-order valence-corrected chi connectivity index (χ0v) is 12.0. The number of amides is 1. The molecule has 1 aromatic heterocycles. The van der Waals surface area contributed by atoms with Crippen LogP contribution in [0.2, 0.25) is 0 Å². The minimum absolute atomic E-state index is 0.00940. The highest BCUT2D eigenvalue weighted by Crippen LogP contribution is 2.33. The number of para-hydroxylation sites is 2. The molecule has 3 unspecified atom stereocenters. The van der Waals surface area contributed by atoms with Crippen LogP contribution in [0.4, 0.5) is 0 Å². The van der Waals surface area contributed by atoms with Crippen molar-refractivity contribution in [3.8, 4) is 0 Å². The lowest BCUT2D eigenvalue weighted by molar-refractivity contribution is 0.0722. The Hall–Kier alpha value is -2.01. The number of nitrogens with one attached hydrogen (secondary N) is 1. The van der Waals surface area contributed by atoms with E-state index in [0.717, 1.165) is 30.7 Å². The van der Waals surface area contributed by atoms with E-state index in [9.17, 15) is 4.79 Å². The second-order valence-electron chi connectivity index (χ2n) is 6.02. The van der Waals surface area contributed by atoms with Gasteiger partial charge in [-0.15, -0.1) is 0 Å². The average molecular weight is 282 g/mol. The number of hydrogen-bond acceptors (Lipinski definition) is 4. The molecule has 1 amide bonds. The van der Waals surface area contributed by atoms with Gasteiger partial charge >= 0.3 is 0 Å². The van der Waals surface area contributed by atoms with E-state index < -0.39 is 0 Å². The van der Waals surface area contributed by atoms with Gasteiger partial charge in [-0.1, -0.05) is 12.1 Å². The lowest BCUT2D eigenvalue weighted by Crippen LogP contribution is -2.38. The van der Waals surface area contributed by atoms with Crippen LogP contribution in [0.1, 0.15) is 17.4 Å². The van der Waals surface area contributed by atoms with E-state index in [0.29, 0.717) is 17.5 Å². The Bertz CT molecular complexity index is 701. The molecule has 3 atom stereocenters. The van der Waals surface area contributed by atoms with Crippen LogP contribution in [-0.4, -0.2) is 46.5 Å². The van der Waals surface area contributed by atoms with Crippen molar-refractivity contribution >= 4 is 16.9 Å². The standard InChI is InChI=1S/C16H18N4O/c1-10-12-7-17-6-11(12)9-20(10)16(21)15-8-18-13-4-2-3-5-14(13)19-15/h2-5,8,10-12,17H,6-7,9H2,1H3. The molecule has 2 saturated heterocycles. The summed E-state index contributed by atoms with van der Waals surface area (Å²) in [5, 5.41) is 3.41. The predicted molar refractivity (Wildman–Crippen MR) is 79.9 cm³/mol. The molecule has 2 aliphatic rings. The second kappa shape index (κ2) is 4.77. The quantitative estimate of drug-likeness (QED) is 0.857. The maximum atomic E-state index is 12.7. The summed E-state index contributed by atoms with van der Waals surface area (Å²) in [6, 6.07) is 7.91. The molecule has 1 aromatic carbocycles. The number of likely N-dealkylation sites (tertiary alicyclic amines) is 1. The molecule has 3 heterocycles. The van der Waals surface area contributed by atoms with E-state index in [-0.39, 0.29) is 11.9 Å². The fourth-order valence-electron chi connectivity index (χ4n) is 3.64. The third-order valence-corrected chi connectivity index (χ3v) is 4.86. The topological polar surface area (TPSA) is 58.1 Å². The lowest BCUT2D eigenvalue weighted by atomic mass is 9.95. The molecule has 0 bridgehead atoms. The second-order valence-corrected chi connectivity index (χ2v) is 6.02. The van der Waals surface area contributed by atoms with Gasteiger partial charge in [0, 0.05) is 25.7 Å². The largest absolute Gasteiger partial charge is 0.334 e. The number of rotatable bonds is 1. The van der Waals surface area contributed by atoms with Gasteiger partial charge in [0.15, 0.2) is 0 Å². The Labute approximate surface area is 123 Å². The van der Waals surface area contributed by atoms with Crippen molar-refractivity contribution in [2.24, 2.45) is 11.8 Å². The highest BCUT2D eigenvalue weighted by molar-refractivity contribution is 5.94. The van der Waals surface area contributed by atoms with Crippen LogP contribution < -0.4 is 5.32 Å². The Morgan fingerprint density at radius 2 is 2.10 bits per heavy atom. The van der Waals surface area contributed by atoms with Gasteiger partial charge < -0.3 is 10.2 Å². The van der Waals surface area contributed by atoms with E-state index in [4.69, 9.17) is 0 Å². The predicted octanol–water partition coefficient (Wildman–Crippen LogP) is 1.31. The smallest absolute Gasteiger partial charge is 0.274 e. The van der Waals surface area contributed by atoms with Gasteiger partial charge in [0.2, 0.25) is 0 Å². The molecular formula is C16H18N4O. The van der Waals surface area contributed by atoms with E-state index in [1.807, 2.05) is 29.2 Å². The minimum Gasteiger partial charge on any atom is -0.334 e. The van der Waals surface area contributed by atoms with Gasteiger partial charge in [-0.25, -0.2) is 4.98 Å². The molecule has 0 spiro atoms. The first-order chi connectivity index (χ1) is 10.2. The van der Waals surface area contributed by atoms with Crippen LogP contribution in [0.15, 0.2) is 30.5 Å². The van der Waals surface area contributed by atoms with Gasteiger partial charge in [0.1, 0.15) is 5.69 Å². The van der Waals surface area contributed by atoms with Crippen molar-refractivity contribution < 1.29 is 4.79 Å². The monoisotopic (exact) mass is 282 g/mol. The first-order valence-electron chi connectivity index (χ1n) is 7.47. The zero-order chi connectivity index (χ0) is 14.4. The summed E-state index contributed by atoms with van der Waals surface area (Å²) in [7, 11) is 0. The van der Waals surface area contributed by atoms with Gasteiger partial charge in [-0.2, -0.15) is 0 Å². The van der Waals surface area contributed by atoms with Crippen molar-refractivity contribution in [3.63, 3.8) is 0 Å². The Morgan fingerprint density at radius 1 is 1.29 bits per heavy atom. The van der Waals surface area contributed by atoms with Gasteiger partial charge in [0.25, 0.3) is 5.91 Å². The lowest BCUT2D eigenvalue weighted by Gasteiger charge is -2.24. The van der Waals surface area contributed by atoms with Crippen LogP contribution in [0, 0.1) is 11.8 Å². The van der Waals surface area contributed by atoms with Crippen molar-refractivity contribution in [1.82, 2.24) is 20.2 Å². The number of carbonyl (C=O) groups excluding carboxylic acids is 1. The molecule has 2 fully saturated rings. The highest BCUT2D eigenvalue weighted by Gasteiger charge is 2.44. The van der Waals surface area contributed by atoms with E-state index in [1.54, 1.807) is 6.20 Å². The molecule has 1 N–H and O–H groups in total. The van der Waals surface area contributed by atoms with Gasteiger partial charge in [0.05, 0.1) is 17.2 Å². The Morgan fingerprint density at radius 3 is 2.90 bits per heavy atom. The number of benzene rings is 1. The number of nitrogens with zero attached hydrogens (tertiary/aromatic N) is 3. The molecule has 5 nitrogen and oxygen atoms in total. The summed E-state index contributed by atoms with van der Waals surface area (Å²) < 4.78 is 0. The fraction of sp³-hybridized carbons (Fsp3) is 0.438. The molecule has 2 aliphatic heterocycles. The molecule has 5 heteroatoms. The molecule has 0 radical (unpaired) electrons. The van der Waals surface area contributed by atoms with Crippen LogP contribution in [0.5, 0.6) is 0 Å². The third-order valence-electron chi connectivity index (χ3n) is 4.86.